The van der Waals surface area contributed by atoms with Gasteiger partial charge in [0.25, 0.3) is 0 Å². The third kappa shape index (κ3) is 2.30. The number of aromatic nitrogens is 1. The minimum atomic E-state index is -4.77. The SMILES string of the molecule is Nc1nc2cc(Cl)c(OC(F)(F)F)cc2s1. The number of hydrogen-bond acceptors (Lipinski definition) is 4. The van der Waals surface area contributed by atoms with E-state index in [0.29, 0.717) is 10.2 Å². The summed E-state index contributed by atoms with van der Waals surface area (Å²) >= 11 is 6.68. The third-order valence-corrected chi connectivity index (χ3v) is 2.83. The fourth-order valence-corrected chi connectivity index (χ4v) is 2.09. The predicted octanol–water partition coefficient (Wildman–Crippen LogP) is 3.43. The van der Waals surface area contributed by atoms with Gasteiger partial charge in [-0.25, -0.2) is 4.98 Å². The summed E-state index contributed by atoms with van der Waals surface area (Å²) in [5.41, 5.74) is 5.87. The molecule has 2 rings (SSSR count). The van der Waals surface area contributed by atoms with Gasteiger partial charge in [-0.15, -0.1) is 13.2 Å². The van der Waals surface area contributed by atoms with Crippen LogP contribution in [0.2, 0.25) is 5.02 Å². The van der Waals surface area contributed by atoms with Crippen LogP contribution in [-0.2, 0) is 0 Å². The Balaban J connectivity index is 2.49. The smallest absolute Gasteiger partial charge is 0.404 e. The molecule has 0 fully saturated rings. The van der Waals surface area contributed by atoms with Crippen molar-refractivity contribution in [1.29, 1.82) is 0 Å². The molecule has 0 spiro atoms. The minimum absolute atomic E-state index is 0.157. The van der Waals surface area contributed by atoms with Crippen molar-refractivity contribution >= 4 is 38.3 Å². The maximum absolute atomic E-state index is 12.0. The van der Waals surface area contributed by atoms with Crippen LogP contribution in [0.4, 0.5) is 18.3 Å². The van der Waals surface area contributed by atoms with Gasteiger partial charge in [-0.05, 0) is 6.07 Å². The Morgan fingerprint density at radius 3 is 2.69 bits per heavy atom. The van der Waals surface area contributed by atoms with E-state index in [1.54, 1.807) is 0 Å². The summed E-state index contributed by atoms with van der Waals surface area (Å²) < 4.78 is 40.3. The molecule has 0 saturated heterocycles. The lowest BCUT2D eigenvalue weighted by molar-refractivity contribution is -0.274. The van der Waals surface area contributed by atoms with Crippen LogP contribution >= 0.6 is 22.9 Å². The van der Waals surface area contributed by atoms with Crippen molar-refractivity contribution in [2.24, 2.45) is 0 Å². The fourth-order valence-electron chi connectivity index (χ4n) is 1.15. The minimum Gasteiger partial charge on any atom is -0.404 e. The number of alkyl halides is 3. The Bertz CT molecular complexity index is 540. The molecule has 1 aromatic heterocycles. The summed E-state index contributed by atoms with van der Waals surface area (Å²) in [7, 11) is 0. The van der Waals surface area contributed by atoms with Gasteiger partial charge in [-0.3, -0.25) is 0 Å². The van der Waals surface area contributed by atoms with Gasteiger partial charge >= 0.3 is 6.36 Å². The molecule has 0 aliphatic carbocycles. The van der Waals surface area contributed by atoms with Crippen LogP contribution in [-0.4, -0.2) is 11.3 Å². The molecule has 16 heavy (non-hydrogen) atoms. The molecule has 0 aliphatic rings. The molecule has 0 radical (unpaired) electrons. The lowest BCUT2D eigenvalue weighted by atomic mass is 10.3. The maximum atomic E-state index is 12.0. The first-order chi connectivity index (χ1) is 7.35. The Labute approximate surface area is 96.6 Å². The number of anilines is 1. The van der Waals surface area contributed by atoms with E-state index >= 15 is 0 Å². The second kappa shape index (κ2) is 3.67. The van der Waals surface area contributed by atoms with Crippen molar-refractivity contribution in [3.05, 3.63) is 17.2 Å². The molecule has 3 nitrogen and oxygen atoms in total. The number of rotatable bonds is 1. The van der Waals surface area contributed by atoms with E-state index in [0.717, 1.165) is 11.3 Å². The third-order valence-electron chi connectivity index (χ3n) is 1.68. The molecular weight excluding hydrogens is 265 g/mol. The normalized spacial score (nSPS) is 12.0. The molecule has 0 unspecified atom stereocenters. The van der Waals surface area contributed by atoms with Crippen LogP contribution in [0, 0.1) is 0 Å². The monoisotopic (exact) mass is 268 g/mol. The molecule has 1 heterocycles. The number of hydrogen-bond donors (Lipinski definition) is 1. The van der Waals surface area contributed by atoms with Crippen molar-refractivity contribution in [3.8, 4) is 5.75 Å². The van der Waals surface area contributed by atoms with E-state index in [1.165, 1.54) is 12.1 Å². The van der Waals surface area contributed by atoms with Crippen LogP contribution in [0.25, 0.3) is 10.2 Å². The summed E-state index contributed by atoms with van der Waals surface area (Å²) in [5.74, 6) is -0.453. The van der Waals surface area contributed by atoms with E-state index < -0.39 is 12.1 Å². The highest BCUT2D eigenvalue weighted by atomic mass is 35.5. The van der Waals surface area contributed by atoms with E-state index in [4.69, 9.17) is 17.3 Å². The van der Waals surface area contributed by atoms with E-state index in [2.05, 4.69) is 9.72 Å². The summed E-state index contributed by atoms with van der Waals surface area (Å²) in [4.78, 5) is 3.89. The van der Waals surface area contributed by atoms with Gasteiger partial charge in [0.15, 0.2) is 5.13 Å². The quantitative estimate of drug-likeness (QED) is 0.862. The molecule has 86 valence electrons. The molecule has 0 aliphatic heterocycles. The summed E-state index contributed by atoms with van der Waals surface area (Å²) in [6.07, 6.45) is -4.77. The molecular formula is C8H4ClF3N2OS. The number of nitrogen functional groups attached to an aromatic ring is 1. The summed E-state index contributed by atoms with van der Waals surface area (Å²) in [6.45, 7) is 0. The summed E-state index contributed by atoms with van der Waals surface area (Å²) in [5, 5.41) is 0.102. The van der Waals surface area contributed by atoms with Crippen LogP contribution in [0.1, 0.15) is 0 Å². The van der Waals surface area contributed by atoms with Crippen molar-refractivity contribution in [3.63, 3.8) is 0 Å². The van der Waals surface area contributed by atoms with Gasteiger partial charge in [-0.2, -0.15) is 0 Å². The van der Waals surface area contributed by atoms with Crippen LogP contribution in [0.5, 0.6) is 5.75 Å². The Kier molecular flexibility index (Phi) is 2.59. The highest BCUT2D eigenvalue weighted by Gasteiger charge is 2.32. The second-order valence-corrected chi connectivity index (χ2v) is 4.32. The number of halogens is 4. The van der Waals surface area contributed by atoms with Crippen molar-refractivity contribution in [2.75, 3.05) is 5.73 Å². The molecule has 0 bridgehead atoms. The van der Waals surface area contributed by atoms with E-state index in [9.17, 15) is 13.2 Å². The number of nitrogens with two attached hydrogens (primary N) is 1. The van der Waals surface area contributed by atoms with Crippen molar-refractivity contribution in [1.82, 2.24) is 4.98 Å². The van der Waals surface area contributed by atoms with Crippen LogP contribution in [0.3, 0.4) is 0 Å². The molecule has 1 aromatic carbocycles. The Morgan fingerprint density at radius 1 is 1.38 bits per heavy atom. The largest absolute Gasteiger partial charge is 0.573 e. The number of fused-ring (bicyclic) bond motifs is 1. The Hall–Kier alpha value is -1.21. The highest BCUT2D eigenvalue weighted by Crippen LogP contribution is 2.36. The number of thiazole rings is 1. The topological polar surface area (TPSA) is 48.1 Å². The molecule has 2 N–H and O–H groups in total. The van der Waals surface area contributed by atoms with Crippen molar-refractivity contribution < 1.29 is 17.9 Å². The zero-order valence-corrected chi connectivity index (χ0v) is 9.08. The first-order valence-electron chi connectivity index (χ1n) is 3.96. The average Bonchev–Trinajstić information content (AvgIpc) is 2.42. The first-order valence-corrected chi connectivity index (χ1v) is 5.16. The lowest BCUT2D eigenvalue weighted by Gasteiger charge is -2.09. The number of benzene rings is 1. The molecule has 2 aromatic rings. The van der Waals surface area contributed by atoms with Gasteiger partial charge in [0, 0.05) is 6.07 Å². The van der Waals surface area contributed by atoms with Gasteiger partial charge < -0.3 is 10.5 Å². The maximum Gasteiger partial charge on any atom is 0.573 e. The van der Waals surface area contributed by atoms with E-state index in [-0.39, 0.29) is 10.2 Å². The average molecular weight is 269 g/mol. The second-order valence-electron chi connectivity index (χ2n) is 2.85. The molecule has 0 atom stereocenters. The number of nitrogens with zero attached hydrogens (tertiary/aromatic N) is 1. The zero-order valence-electron chi connectivity index (χ0n) is 7.51. The van der Waals surface area contributed by atoms with Gasteiger partial charge in [-0.1, -0.05) is 22.9 Å². The Morgan fingerprint density at radius 2 is 2.06 bits per heavy atom. The first kappa shape index (κ1) is 11.3. The molecule has 0 saturated carbocycles. The van der Waals surface area contributed by atoms with Gasteiger partial charge in [0.05, 0.1) is 15.2 Å². The molecule has 0 amide bonds. The van der Waals surface area contributed by atoms with Gasteiger partial charge in [0.1, 0.15) is 5.75 Å². The van der Waals surface area contributed by atoms with Crippen molar-refractivity contribution in [2.45, 2.75) is 6.36 Å². The highest BCUT2D eigenvalue weighted by molar-refractivity contribution is 7.22. The summed E-state index contributed by atoms with van der Waals surface area (Å²) in [6, 6.07) is 2.45. The number of ether oxygens (including phenoxy) is 1. The fraction of sp³-hybridized carbons (Fsp3) is 0.125. The molecule has 8 heteroatoms. The zero-order chi connectivity index (χ0) is 11.9. The van der Waals surface area contributed by atoms with E-state index in [1.807, 2.05) is 0 Å². The van der Waals surface area contributed by atoms with Gasteiger partial charge in [0.2, 0.25) is 0 Å². The van der Waals surface area contributed by atoms with Crippen LogP contribution < -0.4 is 10.5 Å². The van der Waals surface area contributed by atoms with Crippen LogP contribution in [0.15, 0.2) is 12.1 Å². The predicted molar refractivity (Wildman–Crippen MR) is 55.7 cm³/mol. The lowest BCUT2D eigenvalue weighted by Crippen LogP contribution is -2.17. The standard InChI is InChI=1S/C8H4ClF3N2OS/c9-3-1-4-6(16-7(13)14-4)2-5(3)15-8(10,11)12/h1-2H,(H2,13,14).